The molecule has 2 aliphatic rings. The van der Waals surface area contributed by atoms with E-state index in [0.29, 0.717) is 0 Å². The number of likely N-dealkylation sites (tertiary alicyclic amines) is 1. The molecule has 1 heterocycles. The molecule has 20 heavy (non-hydrogen) atoms. The molecule has 1 aliphatic heterocycles. The van der Waals surface area contributed by atoms with Crippen LogP contribution in [0.25, 0.3) is 0 Å². The molecule has 1 saturated carbocycles. The molecule has 3 atom stereocenters. The van der Waals surface area contributed by atoms with Crippen molar-refractivity contribution in [2.75, 3.05) is 26.2 Å². The molecule has 2 nitrogen and oxygen atoms in total. The third-order valence-electron chi connectivity index (χ3n) is 5.58. The predicted octanol–water partition coefficient (Wildman–Crippen LogP) is 4.06. The summed E-state index contributed by atoms with van der Waals surface area (Å²) in [5.74, 6) is 1.91. The van der Waals surface area contributed by atoms with Crippen molar-refractivity contribution in [1.82, 2.24) is 10.2 Å². The Kier molecular flexibility index (Phi) is 7.37. The van der Waals surface area contributed by atoms with Gasteiger partial charge < -0.3 is 10.2 Å². The number of hydrogen-bond donors (Lipinski definition) is 1. The summed E-state index contributed by atoms with van der Waals surface area (Å²) in [6, 6.07) is 0.800. The fourth-order valence-electron chi connectivity index (χ4n) is 4.17. The second kappa shape index (κ2) is 9.04. The average Bonchev–Trinajstić information content (AvgIpc) is 2.71. The van der Waals surface area contributed by atoms with E-state index < -0.39 is 0 Å². The number of hydrogen-bond acceptors (Lipinski definition) is 2. The highest BCUT2D eigenvalue weighted by atomic mass is 15.1. The van der Waals surface area contributed by atoms with Crippen LogP contribution in [0.2, 0.25) is 0 Å². The largest absolute Gasteiger partial charge is 0.314 e. The summed E-state index contributed by atoms with van der Waals surface area (Å²) in [4.78, 5) is 2.78. The topological polar surface area (TPSA) is 15.3 Å². The van der Waals surface area contributed by atoms with Gasteiger partial charge in [0.1, 0.15) is 0 Å². The van der Waals surface area contributed by atoms with Crippen LogP contribution in [-0.4, -0.2) is 37.1 Å². The van der Waals surface area contributed by atoms with Crippen molar-refractivity contribution in [2.45, 2.75) is 77.7 Å². The van der Waals surface area contributed by atoms with Gasteiger partial charge in [0, 0.05) is 12.6 Å². The van der Waals surface area contributed by atoms with Crippen molar-refractivity contribution in [2.24, 2.45) is 11.8 Å². The Morgan fingerprint density at radius 1 is 0.950 bits per heavy atom. The van der Waals surface area contributed by atoms with E-state index in [0.717, 1.165) is 17.9 Å². The van der Waals surface area contributed by atoms with Gasteiger partial charge in [-0.25, -0.2) is 0 Å². The second-order valence-corrected chi connectivity index (χ2v) is 7.11. The molecule has 0 aromatic heterocycles. The van der Waals surface area contributed by atoms with Crippen LogP contribution in [0.3, 0.4) is 0 Å². The minimum absolute atomic E-state index is 0.800. The fraction of sp³-hybridized carbons (Fsp3) is 1.00. The summed E-state index contributed by atoms with van der Waals surface area (Å²) in [7, 11) is 0. The summed E-state index contributed by atoms with van der Waals surface area (Å²) in [5, 5.41) is 3.82. The quantitative estimate of drug-likeness (QED) is 0.789. The van der Waals surface area contributed by atoms with Gasteiger partial charge in [0.2, 0.25) is 0 Å². The van der Waals surface area contributed by atoms with Crippen LogP contribution < -0.4 is 5.32 Å². The van der Waals surface area contributed by atoms with Gasteiger partial charge in [-0.2, -0.15) is 0 Å². The normalized spacial score (nSPS) is 33.0. The molecule has 2 rings (SSSR count). The molecule has 1 aliphatic carbocycles. The van der Waals surface area contributed by atoms with Crippen molar-refractivity contribution in [3.8, 4) is 0 Å². The lowest BCUT2D eigenvalue weighted by molar-refractivity contribution is 0.170. The average molecular weight is 280 g/mol. The number of nitrogens with zero attached hydrogens (tertiary/aromatic N) is 1. The fourth-order valence-corrected chi connectivity index (χ4v) is 4.17. The zero-order valence-electron chi connectivity index (χ0n) is 13.9. The Morgan fingerprint density at radius 3 is 2.60 bits per heavy atom. The van der Waals surface area contributed by atoms with Crippen molar-refractivity contribution < 1.29 is 0 Å². The van der Waals surface area contributed by atoms with E-state index in [1.807, 2.05) is 0 Å². The molecule has 0 spiro atoms. The molecule has 0 aromatic carbocycles. The first-order chi connectivity index (χ1) is 9.83. The molecule has 1 saturated heterocycles. The molecule has 2 fully saturated rings. The highest BCUT2D eigenvalue weighted by Gasteiger charge is 2.27. The van der Waals surface area contributed by atoms with E-state index in [9.17, 15) is 0 Å². The second-order valence-electron chi connectivity index (χ2n) is 7.11. The molecular weight excluding hydrogens is 244 g/mol. The maximum Gasteiger partial charge on any atom is 0.0107 e. The maximum absolute atomic E-state index is 3.82. The van der Waals surface area contributed by atoms with Gasteiger partial charge in [-0.3, -0.25) is 0 Å². The van der Waals surface area contributed by atoms with Gasteiger partial charge >= 0.3 is 0 Å². The van der Waals surface area contributed by atoms with E-state index in [4.69, 9.17) is 0 Å². The summed E-state index contributed by atoms with van der Waals surface area (Å²) in [5.41, 5.74) is 0. The van der Waals surface area contributed by atoms with Crippen LogP contribution >= 0.6 is 0 Å². The Hall–Kier alpha value is -0.0800. The van der Waals surface area contributed by atoms with E-state index >= 15 is 0 Å². The highest BCUT2D eigenvalue weighted by Crippen LogP contribution is 2.27. The Bertz CT molecular complexity index is 254. The molecule has 0 amide bonds. The van der Waals surface area contributed by atoms with Gasteiger partial charge in [-0.15, -0.1) is 0 Å². The van der Waals surface area contributed by atoms with E-state index in [2.05, 4.69) is 24.1 Å². The lowest BCUT2D eigenvalue weighted by atomic mass is 9.84. The molecule has 0 bridgehead atoms. The summed E-state index contributed by atoms with van der Waals surface area (Å²) < 4.78 is 0. The van der Waals surface area contributed by atoms with Crippen LogP contribution in [-0.2, 0) is 0 Å². The van der Waals surface area contributed by atoms with Crippen molar-refractivity contribution in [3.05, 3.63) is 0 Å². The molecule has 0 aromatic rings. The first kappa shape index (κ1) is 16.3. The molecule has 1 N–H and O–H groups in total. The molecule has 0 radical (unpaired) electrons. The first-order valence-corrected chi connectivity index (χ1v) is 9.29. The van der Waals surface area contributed by atoms with Crippen LogP contribution in [0.15, 0.2) is 0 Å². The van der Waals surface area contributed by atoms with Crippen LogP contribution in [0.1, 0.15) is 71.6 Å². The van der Waals surface area contributed by atoms with Gasteiger partial charge in [0.15, 0.2) is 0 Å². The minimum atomic E-state index is 0.800. The third-order valence-corrected chi connectivity index (χ3v) is 5.58. The molecule has 118 valence electrons. The van der Waals surface area contributed by atoms with Crippen LogP contribution in [0, 0.1) is 11.8 Å². The minimum Gasteiger partial charge on any atom is -0.314 e. The molecule has 3 unspecified atom stereocenters. The predicted molar refractivity (Wildman–Crippen MR) is 88.1 cm³/mol. The summed E-state index contributed by atoms with van der Waals surface area (Å²) in [6.45, 7) is 9.93. The van der Waals surface area contributed by atoms with Crippen LogP contribution in [0.4, 0.5) is 0 Å². The smallest absolute Gasteiger partial charge is 0.0107 e. The Labute approximate surface area is 126 Å². The van der Waals surface area contributed by atoms with Gasteiger partial charge in [-0.05, 0) is 70.0 Å². The van der Waals surface area contributed by atoms with Crippen molar-refractivity contribution in [3.63, 3.8) is 0 Å². The summed E-state index contributed by atoms with van der Waals surface area (Å²) in [6.07, 6.45) is 12.8. The van der Waals surface area contributed by atoms with Gasteiger partial charge in [0.05, 0.1) is 0 Å². The number of nitrogens with one attached hydrogen (secondary N) is 1. The summed E-state index contributed by atoms with van der Waals surface area (Å²) >= 11 is 0. The lowest BCUT2D eigenvalue weighted by Gasteiger charge is -2.36. The Balaban J connectivity index is 1.80. The Morgan fingerprint density at radius 2 is 1.80 bits per heavy atom. The zero-order chi connectivity index (χ0) is 14.2. The van der Waals surface area contributed by atoms with E-state index in [1.54, 1.807) is 0 Å². The highest BCUT2D eigenvalue weighted by molar-refractivity contribution is 4.84. The third kappa shape index (κ3) is 5.04. The zero-order valence-corrected chi connectivity index (χ0v) is 13.9. The monoisotopic (exact) mass is 280 g/mol. The van der Waals surface area contributed by atoms with Crippen LogP contribution in [0.5, 0.6) is 0 Å². The SMILES string of the molecule is CCCNC1CCCCC1CN1CCCC(CC)CC1. The van der Waals surface area contributed by atoms with Gasteiger partial charge in [0.25, 0.3) is 0 Å². The first-order valence-electron chi connectivity index (χ1n) is 9.29. The molecule has 2 heteroatoms. The number of rotatable bonds is 6. The standard InChI is InChI=1S/C18H36N2/c1-3-12-19-18-10-6-5-9-17(18)15-20-13-7-8-16(4-2)11-14-20/h16-19H,3-15H2,1-2H3. The lowest BCUT2D eigenvalue weighted by Crippen LogP contribution is -2.44. The van der Waals surface area contributed by atoms with E-state index in [-0.39, 0.29) is 0 Å². The van der Waals surface area contributed by atoms with Crippen molar-refractivity contribution >= 4 is 0 Å². The maximum atomic E-state index is 3.82. The van der Waals surface area contributed by atoms with Crippen molar-refractivity contribution in [1.29, 1.82) is 0 Å². The molecular formula is C18H36N2. The van der Waals surface area contributed by atoms with Gasteiger partial charge in [-0.1, -0.05) is 33.1 Å². The van der Waals surface area contributed by atoms with E-state index in [1.165, 1.54) is 84.0 Å².